The SMILES string of the molecule is CCC(COc1ccc(C(C)=O)cc1)C(C)(C)C. The molecule has 0 saturated heterocycles. The molecular weight excluding hydrogens is 224 g/mol. The van der Waals surface area contributed by atoms with Crippen LogP contribution in [0.15, 0.2) is 24.3 Å². The van der Waals surface area contributed by atoms with Crippen molar-refractivity contribution in [1.29, 1.82) is 0 Å². The third-order valence-electron chi connectivity index (χ3n) is 3.43. The summed E-state index contributed by atoms with van der Waals surface area (Å²) >= 11 is 0. The van der Waals surface area contributed by atoms with E-state index in [1.807, 2.05) is 24.3 Å². The molecule has 0 aromatic heterocycles. The van der Waals surface area contributed by atoms with Crippen molar-refractivity contribution in [2.45, 2.75) is 41.0 Å². The molecule has 2 heteroatoms. The van der Waals surface area contributed by atoms with Gasteiger partial charge in [0.05, 0.1) is 6.61 Å². The van der Waals surface area contributed by atoms with Gasteiger partial charge < -0.3 is 4.74 Å². The molecule has 0 N–H and O–H groups in total. The first-order valence-corrected chi connectivity index (χ1v) is 6.58. The van der Waals surface area contributed by atoms with Crippen LogP contribution in [0.25, 0.3) is 0 Å². The Labute approximate surface area is 110 Å². The van der Waals surface area contributed by atoms with Crippen LogP contribution in [0, 0.1) is 11.3 Å². The van der Waals surface area contributed by atoms with E-state index in [9.17, 15) is 4.79 Å². The second kappa shape index (κ2) is 6.03. The van der Waals surface area contributed by atoms with Crippen molar-refractivity contribution in [3.63, 3.8) is 0 Å². The zero-order chi connectivity index (χ0) is 13.8. The molecule has 100 valence electrons. The fourth-order valence-electron chi connectivity index (χ4n) is 1.96. The van der Waals surface area contributed by atoms with E-state index >= 15 is 0 Å². The third kappa shape index (κ3) is 4.17. The van der Waals surface area contributed by atoms with Crippen molar-refractivity contribution in [3.05, 3.63) is 29.8 Å². The molecule has 0 spiro atoms. The first kappa shape index (κ1) is 14.7. The number of Topliss-reactive ketones (excluding diaryl/α,β-unsaturated/α-hetero) is 1. The van der Waals surface area contributed by atoms with Gasteiger partial charge in [-0.15, -0.1) is 0 Å². The molecule has 0 aliphatic heterocycles. The van der Waals surface area contributed by atoms with Gasteiger partial charge >= 0.3 is 0 Å². The molecule has 0 bridgehead atoms. The average molecular weight is 248 g/mol. The zero-order valence-electron chi connectivity index (χ0n) is 12.1. The van der Waals surface area contributed by atoms with Crippen molar-refractivity contribution in [3.8, 4) is 5.75 Å². The maximum Gasteiger partial charge on any atom is 0.159 e. The van der Waals surface area contributed by atoms with Gasteiger partial charge in [-0.3, -0.25) is 4.79 Å². The topological polar surface area (TPSA) is 26.3 Å². The molecule has 0 heterocycles. The third-order valence-corrected chi connectivity index (χ3v) is 3.43. The Hall–Kier alpha value is -1.31. The predicted octanol–water partition coefficient (Wildman–Crippen LogP) is 4.34. The van der Waals surface area contributed by atoms with Crippen molar-refractivity contribution < 1.29 is 9.53 Å². The fraction of sp³-hybridized carbons (Fsp3) is 0.562. The summed E-state index contributed by atoms with van der Waals surface area (Å²) in [6, 6.07) is 7.36. The van der Waals surface area contributed by atoms with E-state index in [0.29, 0.717) is 5.92 Å². The van der Waals surface area contributed by atoms with Crippen molar-refractivity contribution in [2.24, 2.45) is 11.3 Å². The molecule has 18 heavy (non-hydrogen) atoms. The van der Waals surface area contributed by atoms with E-state index in [1.165, 1.54) is 0 Å². The summed E-state index contributed by atoms with van der Waals surface area (Å²) in [6.07, 6.45) is 1.11. The highest BCUT2D eigenvalue weighted by atomic mass is 16.5. The van der Waals surface area contributed by atoms with Crippen molar-refractivity contribution in [2.75, 3.05) is 6.61 Å². The molecule has 0 saturated carbocycles. The second-order valence-corrected chi connectivity index (χ2v) is 5.86. The first-order valence-electron chi connectivity index (χ1n) is 6.58. The largest absolute Gasteiger partial charge is 0.493 e. The smallest absolute Gasteiger partial charge is 0.159 e. The maximum absolute atomic E-state index is 11.2. The lowest BCUT2D eigenvalue weighted by Crippen LogP contribution is -2.25. The summed E-state index contributed by atoms with van der Waals surface area (Å²) in [4.78, 5) is 11.2. The van der Waals surface area contributed by atoms with Crippen LogP contribution in [0.2, 0.25) is 0 Å². The van der Waals surface area contributed by atoms with E-state index in [1.54, 1.807) is 6.92 Å². The minimum atomic E-state index is 0.0858. The van der Waals surface area contributed by atoms with Gasteiger partial charge in [0.2, 0.25) is 0 Å². The van der Waals surface area contributed by atoms with Crippen LogP contribution >= 0.6 is 0 Å². The minimum Gasteiger partial charge on any atom is -0.493 e. The molecule has 1 aromatic carbocycles. The molecule has 2 nitrogen and oxygen atoms in total. The van der Waals surface area contributed by atoms with Crippen LogP contribution in [-0.2, 0) is 0 Å². The van der Waals surface area contributed by atoms with E-state index in [4.69, 9.17) is 4.74 Å². The Morgan fingerprint density at radius 3 is 2.17 bits per heavy atom. The van der Waals surface area contributed by atoms with Gasteiger partial charge in [0, 0.05) is 5.56 Å². The molecular formula is C16H24O2. The quantitative estimate of drug-likeness (QED) is 0.724. The van der Waals surface area contributed by atoms with Crippen LogP contribution in [0.4, 0.5) is 0 Å². The Morgan fingerprint density at radius 1 is 1.22 bits per heavy atom. The summed E-state index contributed by atoms with van der Waals surface area (Å²) in [6.45, 7) is 11.2. The molecule has 1 rings (SSSR count). The van der Waals surface area contributed by atoms with Crippen LogP contribution in [0.1, 0.15) is 51.4 Å². The zero-order valence-corrected chi connectivity index (χ0v) is 12.1. The van der Waals surface area contributed by atoms with Crippen LogP contribution in [0.5, 0.6) is 5.75 Å². The molecule has 0 fully saturated rings. The van der Waals surface area contributed by atoms with E-state index in [2.05, 4.69) is 27.7 Å². The Balaban J connectivity index is 2.60. The molecule has 1 unspecified atom stereocenters. The summed E-state index contributed by atoms with van der Waals surface area (Å²) in [7, 11) is 0. The van der Waals surface area contributed by atoms with E-state index < -0.39 is 0 Å². The van der Waals surface area contributed by atoms with Gasteiger partial charge in [-0.2, -0.15) is 0 Å². The fourth-order valence-corrected chi connectivity index (χ4v) is 1.96. The van der Waals surface area contributed by atoms with Gasteiger partial charge in [0.25, 0.3) is 0 Å². The second-order valence-electron chi connectivity index (χ2n) is 5.86. The van der Waals surface area contributed by atoms with E-state index in [-0.39, 0.29) is 11.2 Å². The molecule has 0 amide bonds. The number of ketones is 1. The standard InChI is InChI=1S/C16H24O2/c1-6-14(16(3,4)5)11-18-15-9-7-13(8-10-15)12(2)17/h7-10,14H,6,11H2,1-5H3. The molecule has 0 radical (unpaired) electrons. The van der Waals surface area contributed by atoms with Crippen LogP contribution in [0.3, 0.4) is 0 Å². The summed E-state index contributed by atoms with van der Waals surface area (Å²) in [5.74, 6) is 1.45. The number of benzene rings is 1. The lowest BCUT2D eigenvalue weighted by Gasteiger charge is -2.29. The van der Waals surface area contributed by atoms with Gasteiger partial charge in [-0.1, -0.05) is 27.7 Å². The molecule has 1 aromatic rings. The van der Waals surface area contributed by atoms with Gasteiger partial charge in [0.1, 0.15) is 5.75 Å². The summed E-state index contributed by atoms with van der Waals surface area (Å²) < 4.78 is 5.81. The Bertz CT molecular complexity index is 385. The molecule has 1 atom stereocenters. The highest BCUT2D eigenvalue weighted by molar-refractivity contribution is 5.94. The average Bonchev–Trinajstić information content (AvgIpc) is 2.28. The van der Waals surface area contributed by atoms with Gasteiger partial charge in [-0.25, -0.2) is 0 Å². The first-order chi connectivity index (χ1) is 8.34. The predicted molar refractivity (Wildman–Crippen MR) is 75.2 cm³/mol. The minimum absolute atomic E-state index is 0.0858. The Kier molecular flexibility index (Phi) is 4.94. The number of rotatable bonds is 5. The number of carbonyl (C=O) groups excluding carboxylic acids is 1. The lowest BCUT2D eigenvalue weighted by molar-refractivity contribution is 0.101. The molecule has 0 aliphatic rings. The molecule has 0 aliphatic carbocycles. The maximum atomic E-state index is 11.2. The number of carbonyl (C=O) groups is 1. The highest BCUT2D eigenvalue weighted by Gasteiger charge is 2.23. The number of hydrogen-bond donors (Lipinski definition) is 0. The number of hydrogen-bond acceptors (Lipinski definition) is 2. The van der Waals surface area contributed by atoms with Crippen molar-refractivity contribution in [1.82, 2.24) is 0 Å². The normalized spacial score (nSPS) is 13.2. The van der Waals surface area contributed by atoms with Crippen LogP contribution in [-0.4, -0.2) is 12.4 Å². The summed E-state index contributed by atoms with van der Waals surface area (Å²) in [5, 5.41) is 0. The monoisotopic (exact) mass is 248 g/mol. The summed E-state index contributed by atoms with van der Waals surface area (Å²) in [5.41, 5.74) is 0.985. The number of ether oxygens (including phenoxy) is 1. The highest BCUT2D eigenvalue weighted by Crippen LogP contribution is 2.29. The van der Waals surface area contributed by atoms with E-state index in [0.717, 1.165) is 24.3 Å². The van der Waals surface area contributed by atoms with Gasteiger partial charge in [0.15, 0.2) is 5.78 Å². The Morgan fingerprint density at radius 2 is 1.78 bits per heavy atom. The van der Waals surface area contributed by atoms with Gasteiger partial charge in [-0.05, 0) is 48.9 Å². The lowest BCUT2D eigenvalue weighted by atomic mass is 9.80. The van der Waals surface area contributed by atoms with Crippen LogP contribution < -0.4 is 4.74 Å². The van der Waals surface area contributed by atoms with Crippen molar-refractivity contribution >= 4 is 5.78 Å².